The fourth-order valence-electron chi connectivity index (χ4n) is 1.43. The van der Waals surface area contributed by atoms with Gasteiger partial charge in [0.05, 0.1) is 6.20 Å². The second-order valence-electron chi connectivity index (χ2n) is 3.38. The predicted molar refractivity (Wildman–Crippen MR) is 61.1 cm³/mol. The molecular formula is C11H12N4O. The van der Waals surface area contributed by atoms with E-state index in [1.807, 2.05) is 36.5 Å². The molecular weight excluding hydrogens is 204 g/mol. The molecule has 2 rings (SSSR count). The average Bonchev–Trinajstić information content (AvgIpc) is 2.78. The van der Waals surface area contributed by atoms with E-state index in [9.17, 15) is 0 Å². The molecule has 0 saturated carbocycles. The first kappa shape index (κ1) is 10.2. The molecule has 0 radical (unpaired) electrons. The maximum Gasteiger partial charge on any atom is 0.160 e. The van der Waals surface area contributed by atoms with Crippen LogP contribution in [0.15, 0.2) is 47.9 Å². The summed E-state index contributed by atoms with van der Waals surface area (Å²) in [6.45, 7) is 0.281. The number of oxime groups is 1. The highest BCUT2D eigenvalue weighted by atomic mass is 16.4. The number of aromatic nitrogens is 2. The second kappa shape index (κ2) is 4.48. The minimum absolute atomic E-state index is 0.128. The van der Waals surface area contributed by atoms with Crippen molar-refractivity contribution in [1.29, 1.82) is 0 Å². The maximum absolute atomic E-state index is 8.44. The molecule has 0 unspecified atom stereocenters. The van der Waals surface area contributed by atoms with E-state index in [0.717, 1.165) is 11.1 Å². The molecule has 0 aliphatic carbocycles. The number of nitrogens with zero attached hydrogens (tertiary/aromatic N) is 3. The molecule has 16 heavy (non-hydrogen) atoms. The Morgan fingerprint density at radius 3 is 2.75 bits per heavy atom. The van der Waals surface area contributed by atoms with Crippen molar-refractivity contribution < 1.29 is 5.21 Å². The minimum atomic E-state index is 0.128. The molecule has 0 spiro atoms. The van der Waals surface area contributed by atoms with E-state index in [-0.39, 0.29) is 12.4 Å². The van der Waals surface area contributed by atoms with Gasteiger partial charge in [-0.15, -0.1) is 0 Å². The van der Waals surface area contributed by atoms with Crippen molar-refractivity contribution in [1.82, 2.24) is 9.78 Å². The predicted octanol–water partition coefficient (Wildman–Crippen LogP) is 1.30. The monoisotopic (exact) mass is 216 g/mol. The van der Waals surface area contributed by atoms with E-state index in [4.69, 9.17) is 10.9 Å². The van der Waals surface area contributed by atoms with Gasteiger partial charge in [-0.05, 0) is 5.56 Å². The Morgan fingerprint density at radius 2 is 2.06 bits per heavy atom. The number of benzene rings is 1. The summed E-state index contributed by atoms with van der Waals surface area (Å²) in [5, 5.41) is 15.5. The molecule has 0 amide bonds. The second-order valence-corrected chi connectivity index (χ2v) is 3.38. The zero-order valence-electron chi connectivity index (χ0n) is 8.61. The standard InChI is InChI=1S/C11H12N4O/c12-11(14-16)8-15-7-10(6-13-15)9-4-2-1-3-5-9/h1-7,16H,8H2,(H2,12,14). The van der Waals surface area contributed by atoms with Crippen molar-refractivity contribution in [3.63, 3.8) is 0 Å². The Bertz CT molecular complexity index is 490. The van der Waals surface area contributed by atoms with E-state index in [2.05, 4.69) is 10.3 Å². The average molecular weight is 216 g/mol. The van der Waals surface area contributed by atoms with Crippen molar-refractivity contribution in [2.24, 2.45) is 10.9 Å². The lowest BCUT2D eigenvalue weighted by Crippen LogP contribution is -2.19. The van der Waals surface area contributed by atoms with Crippen LogP contribution in [0.4, 0.5) is 0 Å². The highest BCUT2D eigenvalue weighted by Gasteiger charge is 2.02. The molecule has 0 bridgehead atoms. The summed E-state index contributed by atoms with van der Waals surface area (Å²) in [5.41, 5.74) is 7.49. The highest BCUT2D eigenvalue weighted by Crippen LogP contribution is 2.17. The molecule has 3 N–H and O–H groups in total. The van der Waals surface area contributed by atoms with E-state index in [0.29, 0.717) is 0 Å². The number of nitrogens with two attached hydrogens (primary N) is 1. The molecule has 0 fully saturated rings. The Labute approximate surface area is 92.8 Å². The van der Waals surface area contributed by atoms with Crippen molar-refractivity contribution in [2.75, 3.05) is 0 Å². The Kier molecular flexibility index (Phi) is 2.86. The molecule has 2 aromatic rings. The molecule has 0 atom stereocenters. The summed E-state index contributed by atoms with van der Waals surface area (Å²) in [6.07, 6.45) is 3.60. The largest absolute Gasteiger partial charge is 0.409 e. The molecule has 1 heterocycles. The first-order chi connectivity index (χ1) is 7.79. The minimum Gasteiger partial charge on any atom is -0.409 e. The third-order valence-corrected chi connectivity index (χ3v) is 2.19. The van der Waals surface area contributed by atoms with Crippen LogP contribution >= 0.6 is 0 Å². The normalized spacial score (nSPS) is 11.6. The number of hydrogen-bond acceptors (Lipinski definition) is 3. The number of amidine groups is 1. The zero-order valence-corrected chi connectivity index (χ0v) is 8.61. The van der Waals surface area contributed by atoms with Crippen LogP contribution in [-0.2, 0) is 6.54 Å². The van der Waals surface area contributed by atoms with Crippen LogP contribution in [0.25, 0.3) is 11.1 Å². The number of rotatable bonds is 3. The van der Waals surface area contributed by atoms with Gasteiger partial charge >= 0.3 is 0 Å². The van der Waals surface area contributed by atoms with Crippen molar-refractivity contribution in [3.05, 3.63) is 42.7 Å². The molecule has 82 valence electrons. The third-order valence-electron chi connectivity index (χ3n) is 2.19. The number of hydrogen-bond donors (Lipinski definition) is 2. The van der Waals surface area contributed by atoms with E-state index in [1.165, 1.54) is 0 Å². The van der Waals surface area contributed by atoms with Gasteiger partial charge in [0.25, 0.3) is 0 Å². The molecule has 1 aromatic heterocycles. The fraction of sp³-hybridized carbons (Fsp3) is 0.0909. The Morgan fingerprint density at radius 1 is 1.31 bits per heavy atom. The smallest absolute Gasteiger partial charge is 0.160 e. The molecule has 0 saturated heterocycles. The van der Waals surface area contributed by atoms with Crippen LogP contribution in [0, 0.1) is 0 Å². The SMILES string of the molecule is NC(Cn1cc(-c2ccccc2)cn1)=NO. The van der Waals surface area contributed by atoms with Crippen LogP contribution in [0.2, 0.25) is 0 Å². The van der Waals surface area contributed by atoms with Crippen molar-refractivity contribution >= 4 is 5.84 Å². The van der Waals surface area contributed by atoms with E-state index < -0.39 is 0 Å². The van der Waals surface area contributed by atoms with Crippen molar-refractivity contribution in [2.45, 2.75) is 6.54 Å². The van der Waals surface area contributed by atoms with Gasteiger partial charge in [-0.1, -0.05) is 35.5 Å². The maximum atomic E-state index is 8.44. The lowest BCUT2D eigenvalue weighted by Gasteiger charge is -1.98. The zero-order chi connectivity index (χ0) is 11.4. The van der Waals surface area contributed by atoms with Gasteiger partial charge < -0.3 is 10.9 Å². The molecule has 5 nitrogen and oxygen atoms in total. The topological polar surface area (TPSA) is 76.4 Å². The van der Waals surface area contributed by atoms with Gasteiger partial charge in [0.15, 0.2) is 5.84 Å². The first-order valence-corrected chi connectivity index (χ1v) is 4.84. The molecule has 5 heteroatoms. The lowest BCUT2D eigenvalue weighted by molar-refractivity contribution is 0.316. The van der Waals surface area contributed by atoms with Gasteiger partial charge in [-0.25, -0.2) is 0 Å². The van der Waals surface area contributed by atoms with Crippen LogP contribution in [0.5, 0.6) is 0 Å². The van der Waals surface area contributed by atoms with Crippen molar-refractivity contribution in [3.8, 4) is 11.1 Å². The summed E-state index contributed by atoms with van der Waals surface area (Å²) in [5.74, 6) is 0.128. The van der Waals surface area contributed by atoms with Gasteiger partial charge in [-0.3, -0.25) is 4.68 Å². The lowest BCUT2D eigenvalue weighted by atomic mass is 10.1. The summed E-state index contributed by atoms with van der Waals surface area (Å²) in [4.78, 5) is 0. The third kappa shape index (κ3) is 2.20. The van der Waals surface area contributed by atoms with Gasteiger partial charge in [-0.2, -0.15) is 5.10 Å². The highest BCUT2D eigenvalue weighted by molar-refractivity contribution is 5.79. The first-order valence-electron chi connectivity index (χ1n) is 4.84. The van der Waals surface area contributed by atoms with Gasteiger partial charge in [0.2, 0.25) is 0 Å². The van der Waals surface area contributed by atoms with Crippen LogP contribution < -0.4 is 5.73 Å². The van der Waals surface area contributed by atoms with E-state index >= 15 is 0 Å². The van der Waals surface area contributed by atoms with Gasteiger partial charge in [0, 0.05) is 11.8 Å². The quantitative estimate of drug-likeness (QED) is 0.351. The summed E-state index contributed by atoms with van der Waals surface area (Å²) < 4.78 is 1.62. The van der Waals surface area contributed by atoms with E-state index in [1.54, 1.807) is 10.9 Å². The van der Waals surface area contributed by atoms with Crippen LogP contribution in [0.3, 0.4) is 0 Å². The summed E-state index contributed by atoms with van der Waals surface area (Å²) in [6, 6.07) is 9.91. The van der Waals surface area contributed by atoms with Crippen LogP contribution in [-0.4, -0.2) is 20.8 Å². The summed E-state index contributed by atoms with van der Waals surface area (Å²) in [7, 11) is 0. The molecule has 0 aliphatic rings. The van der Waals surface area contributed by atoms with Gasteiger partial charge in [0.1, 0.15) is 6.54 Å². The van der Waals surface area contributed by atoms with Crippen LogP contribution in [0.1, 0.15) is 0 Å². The summed E-state index contributed by atoms with van der Waals surface area (Å²) >= 11 is 0. The Balaban J connectivity index is 2.20. The fourth-order valence-corrected chi connectivity index (χ4v) is 1.43. The molecule has 0 aliphatic heterocycles. The Hall–Kier alpha value is -2.30. The molecule has 1 aromatic carbocycles.